The monoisotopic (exact) mass is 260 g/mol. The molecule has 4 heteroatoms. The van der Waals surface area contributed by atoms with Gasteiger partial charge in [0.1, 0.15) is 0 Å². The minimum absolute atomic E-state index is 0.235. The fourth-order valence-corrected chi connectivity index (χ4v) is 2.34. The maximum absolute atomic E-state index is 13.2. The maximum atomic E-state index is 13.2. The topological polar surface area (TPSA) is 20.2 Å². The second kappa shape index (κ2) is 3.27. The first kappa shape index (κ1) is 8.97. The third-order valence-electron chi connectivity index (χ3n) is 1.83. The molecule has 0 bridgehead atoms. The highest BCUT2D eigenvalue weighted by Crippen LogP contribution is 2.35. The Bertz CT molecular complexity index is 452. The van der Waals surface area contributed by atoms with Gasteiger partial charge in [-0.1, -0.05) is 33.3 Å². The number of hydrogen-bond donors (Lipinski definition) is 1. The molecule has 0 saturated carbocycles. The number of halogens is 2. The van der Waals surface area contributed by atoms with E-state index in [1.807, 2.05) is 12.1 Å². The van der Waals surface area contributed by atoms with E-state index in [1.54, 1.807) is 6.07 Å². The lowest BCUT2D eigenvalue weighted by atomic mass is 10.2. The molecule has 1 aromatic carbocycles. The van der Waals surface area contributed by atoms with E-state index in [4.69, 9.17) is 5.11 Å². The van der Waals surface area contributed by atoms with Crippen LogP contribution in [0.15, 0.2) is 18.2 Å². The van der Waals surface area contributed by atoms with Crippen LogP contribution >= 0.6 is 27.3 Å². The first-order chi connectivity index (χ1) is 6.22. The Balaban J connectivity index is 2.75. The van der Waals surface area contributed by atoms with Gasteiger partial charge >= 0.3 is 0 Å². The van der Waals surface area contributed by atoms with Crippen LogP contribution in [0.4, 0.5) is 4.39 Å². The lowest BCUT2D eigenvalue weighted by Crippen LogP contribution is -1.76. The number of alkyl halides is 1. The third kappa shape index (κ3) is 1.44. The first-order valence-corrected chi connectivity index (χ1v) is 5.62. The summed E-state index contributed by atoms with van der Waals surface area (Å²) in [7, 11) is 0. The van der Waals surface area contributed by atoms with Crippen molar-refractivity contribution in [1.82, 2.24) is 0 Å². The van der Waals surface area contributed by atoms with Crippen LogP contribution in [0.2, 0.25) is 0 Å². The van der Waals surface area contributed by atoms with Crippen molar-refractivity contribution in [3.05, 3.63) is 29.6 Å². The predicted octanol–water partition coefficient (Wildman–Crippen LogP) is 3.64. The van der Waals surface area contributed by atoms with Crippen LogP contribution < -0.4 is 0 Å². The zero-order chi connectivity index (χ0) is 9.42. The summed E-state index contributed by atoms with van der Waals surface area (Å²) in [5.74, 6) is -0.511. The summed E-state index contributed by atoms with van der Waals surface area (Å²) in [5.41, 5.74) is 1.00. The molecule has 1 aromatic heterocycles. The standard InChI is InChI=1S/C9H6BrFOS/c10-4-5-1-2-7-6(3-5)8(11)9(12)13-7/h1-3,12H,4H2. The molecule has 1 N–H and O–H groups in total. The molecular weight excluding hydrogens is 255 g/mol. The van der Waals surface area contributed by atoms with E-state index in [0.717, 1.165) is 21.6 Å². The average molecular weight is 261 g/mol. The smallest absolute Gasteiger partial charge is 0.209 e. The van der Waals surface area contributed by atoms with E-state index in [9.17, 15) is 4.39 Å². The Morgan fingerprint density at radius 1 is 1.46 bits per heavy atom. The van der Waals surface area contributed by atoms with Gasteiger partial charge in [0.15, 0.2) is 5.82 Å². The van der Waals surface area contributed by atoms with Crippen molar-refractivity contribution in [1.29, 1.82) is 0 Å². The van der Waals surface area contributed by atoms with Gasteiger partial charge in [-0.2, -0.15) is 0 Å². The van der Waals surface area contributed by atoms with Crippen molar-refractivity contribution in [2.75, 3.05) is 0 Å². The summed E-state index contributed by atoms with van der Waals surface area (Å²) < 4.78 is 14.0. The molecule has 13 heavy (non-hydrogen) atoms. The largest absolute Gasteiger partial charge is 0.497 e. The van der Waals surface area contributed by atoms with Crippen molar-refractivity contribution in [3.63, 3.8) is 0 Å². The molecule has 1 nitrogen and oxygen atoms in total. The highest BCUT2D eigenvalue weighted by Gasteiger charge is 2.10. The molecule has 0 spiro atoms. The Kier molecular flexibility index (Phi) is 2.26. The van der Waals surface area contributed by atoms with Gasteiger partial charge in [-0.25, -0.2) is 4.39 Å². The molecule has 0 amide bonds. The normalized spacial score (nSPS) is 10.9. The van der Waals surface area contributed by atoms with E-state index in [2.05, 4.69) is 15.9 Å². The molecular formula is C9H6BrFOS. The van der Waals surface area contributed by atoms with Crippen LogP contribution in [0.3, 0.4) is 0 Å². The van der Waals surface area contributed by atoms with Crippen LogP contribution in [0, 0.1) is 5.82 Å². The van der Waals surface area contributed by atoms with Crippen molar-refractivity contribution >= 4 is 37.4 Å². The predicted molar refractivity (Wildman–Crippen MR) is 56.1 cm³/mol. The summed E-state index contributed by atoms with van der Waals surface area (Å²) in [6, 6.07) is 5.47. The van der Waals surface area contributed by atoms with Crippen LogP contribution in [-0.4, -0.2) is 5.11 Å². The Labute approximate surface area is 86.9 Å². The number of fused-ring (bicyclic) bond motifs is 1. The number of hydrogen-bond acceptors (Lipinski definition) is 2. The summed E-state index contributed by atoms with van der Waals surface area (Å²) in [6.45, 7) is 0. The van der Waals surface area contributed by atoms with Crippen LogP contribution in [-0.2, 0) is 5.33 Å². The molecule has 0 saturated heterocycles. The van der Waals surface area contributed by atoms with E-state index >= 15 is 0 Å². The lowest BCUT2D eigenvalue weighted by Gasteiger charge is -1.94. The molecule has 2 aromatic rings. The highest BCUT2D eigenvalue weighted by atomic mass is 79.9. The molecule has 2 rings (SSSR count). The molecule has 1 heterocycles. The van der Waals surface area contributed by atoms with Gasteiger partial charge in [0.25, 0.3) is 0 Å². The van der Waals surface area contributed by atoms with Crippen LogP contribution in [0.1, 0.15) is 5.56 Å². The van der Waals surface area contributed by atoms with Gasteiger partial charge in [0.2, 0.25) is 5.06 Å². The van der Waals surface area contributed by atoms with E-state index in [1.165, 1.54) is 0 Å². The molecule has 0 fully saturated rings. The summed E-state index contributed by atoms with van der Waals surface area (Å²) >= 11 is 4.36. The second-order valence-corrected chi connectivity index (χ2v) is 4.28. The summed E-state index contributed by atoms with van der Waals surface area (Å²) in [4.78, 5) is 0. The first-order valence-electron chi connectivity index (χ1n) is 3.68. The Hall–Kier alpha value is -0.610. The van der Waals surface area contributed by atoms with E-state index in [-0.39, 0.29) is 5.06 Å². The van der Waals surface area contributed by atoms with Crippen molar-refractivity contribution < 1.29 is 9.50 Å². The van der Waals surface area contributed by atoms with Crippen molar-refractivity contribution in [2.45, 2.75) is 5.33 Å². The highest BCUT2D eigenvalue weighted by molar-refractivity contribution is 9.08. The summed E-state index contributed by atoms with van der Waals surface area (Å²) in [5, 5.41) is 10.1. The van der Waals surface area contributed by atoms with Crippen LogP contribution in [0.5, 0.6) is 5.06 Å². The zero-order valence-corrected chi connectivity index (χ0v) is 8.95. The van der Waals surface area contributed by atoms with E-state index in [0.29, 0.717) is 10.7 Å². The quantitative estimate of drug-likeness (QED) is 0.777. The molecule has 0 aliphatic carbocycles. The van der Waals surface area contributed by atoms with Crippen molar-refractivity contribution in [2.24, 2.45) is 0 Å². The van der Waals surface area contributed by atoms with Crippen LogP contribution in [0.25, 0.3) is 10.1 Å². The van der Waals surface area contributed by atoms with Gasteiger partial charge in [-0.3, -0.25) is 0 Å². The summed E-state index contributed by atoms with van der Waals surface area (Å²) in [6.07, 6.45) is 0. The minimum atomic E-state index is -0.511. The molecule has 0 atom stereocenters. The van der Waals surface area contributed by atoms with Gasteiger partial charge in [0.05, 0.1) is 0 Å². The number of aromatic hydroxyl groups is 1. The van der Waals surface area contributed by atoms with Gasteiger partial charge < -0.3 is 5.11 Å². The number of thiophene rings is 1. The maximum Gasteiger partial charge on any atom is 0.209 e. The van der Waals surface area contributed by atoms with Gasteiger partial charge in [0, 0.05) is 15.4 Å². The third-order valence-corrected chi connectivity index (χ3v) is 3.43. The molecule has 0 aliphatic rings. The van der Waals surface area contributed by atoms with Crippen molar-refractivity contribution in [3.8, 4) is 5.06 Å². The average Bonchev–Trinajstić information content (AvgIpc) is 2.43. The molecule has 0 radical (unpaired) electrons. The fourth-order valence-electron chi connectivity index (χ4n) is 1.18. The van der Waals surface area contributed by atoms with Gasteiger partial charge in [-0.05, 0) is 17.7 Å². The van der Waals surface area contributed by atoms with E-state index < -0.39 is 5.82 Å². The number of benzene rings is 1. The second-order valence-electron chi connectivity index (χ2n) is 2.69. The lowest BCUT2D eigenvalue weighted by molar-refractivity contribution is 0.452. The Morgan fingerprint density at radius 3 is 2.92 bits per heavy atom. The number of rotatable bonds is 1. The fraction of sp³-hybridized carbons (Fsp3) is 0.111. The molecule has 0 aliphatic heterocycles. The zero-order valence-electron chi connectivity index (χ0n) is 6.55. The Morgan fingerprint density at radius 2 is 2.23 bits per heavy atom. The molecule has 68 valence electrons. The SMILES string of the molecule is Oc1sc2ccc(CBr)cc2c1F. The minimum Gasteiger partial charge on any atom is -0.497 e. The molecule has 0 unspecified atom stereocenters. The van der Waals surface area contributed by atoms with Gasteiger partial charge in [-0.15, -0.1) is 0 Å².